The summed E-state index contributed by atoms with van der Waals surface area (Å²) in [6.07, 6.45) is -2.73. The van der Waals surface area contributed by atoms with E-state index in [1.54, 1.807) is 13.2 Å². The summed E-state index contributed by atoms with van der Waals surface area (Å²) in [4.78, 5) is 13.2. The van der Waals surface area contributed by atoms with Crippen molar-refractivity contribution in [2.45, 2.75) is 31.6 Å². The minimum atomic E-state index is -4.63. The van der Waals surface area contributed by atoms with E-state index in [4.69, 9.17) is 16.3 Å². The van der Waals surface area contributed by atoms with Crippen LogP contribution in [0.25, 0.3) is 10.9 Å². The van der Waals surface area contributed by atoms with Crippen molar-refractivity contribution >= 4 is 28.4 Å². The Bertz CT molecular complexity index is 1650. The first-order valence-corrected chi connectivity index (χ1v) is 13.5. The number of nitrogens with zero attached hydrogens (tertiary/aromatic N) is 1. The number of halogens is 4. The fourth-order valence-electron chi connectivity index (χ4n) is 5.05. The summed E-state index contributed by atoms with van der Waals surface area (Å²) in [6, 6.07) is 28.8. The highest BCUT2D eigenvalue weighted by Crippen LogP contribution is 2.40. The number of aromatic nitrogens is 1. The van der Waals surface area contributed by atoms with Gasteiger partial charge in [0, 0.05) is 42.5 Å². The van der Waals surface area contributed by atoms with Crippen LogP contribution < -0.4 is 10.1 Å². The lowest BCUT2D eigenvalue weighted by molar-refractivity contribution is -0.137. The molecule has 4 nitrogen and oxygen atoms in total. The Kier molecular flexibility index (Phi) is 8.36. The van der Waals surface area contributed by atoms with Crippen molar-refractivity contribution in [1.82, 2.24) is 9.88 Å². The lowest BCUT2D eigenvalue weighted by Gasteiger charge is -2.19. The number of amides is 1. The van der Waals surface area contributed by atoms with Crippen LogP contribution >= 0.6 is 11.6 Å². The number of carbonyl (C=O) groups excluding carboxylic acids is 1. The molecule has 5 rings (SSSR count). The fourth-order valence-corrected chi connectivity index (χ4v) is 5.27. The second kappa shape index (κ2) is 12.1. The Morgan fingerprint density at radius 3 is 2.34 bits per heavy atom. The van der Waals surface area contributed by atoms with Gasteiger partial charge in [0.15, 0.2) is 0 Å². The van der Waals surface area contributed by atoms with Crippen molar-refractivity contribution in [1.29, 1.82) is 0 Å². The number of methoxy groups -OCH3 is 1. The fraction of sp³-hybridized carbons (Fsp3) is 0.182. The number of benzene rings is 4. The number of para-hydroxylation sites is 1. The van der Waals surface area contributed by atoms with E-state index in [9.17, 15) is 18.0 Å². The monoisotopic (exact) mass is 576 g/mol. The van der Waals surface area contributed by atoms with Gasteiger partial charge in [-0.3, -0.25) is 4.79 Å². The summed E-state index contributed by atoms with van der Waals surface area (Å²) in [5.41, 5.74) is 3.08. The minimum Gasteiger partial charge on any atom is -0.497 e. The van der Waals surface area contributed by atoms with E-state index >= 15 is 0 Å². The molecule has 0 spiro atoms. The highest BCUT2D eigenvalue weighted by atomic mass is 35.5. The molecule has 210 valence electrons. The zero-order valence-electron chi connectivity index (χ0n) is 22.3. The van der Waals surface area contributed by atoms with Crippen LogP contribution in [0.15, 0.2) is 103 Å². The number of alkyl halides is 3. The molecule has 1 atom stereocenters. The number of carbonyl (C=O) groups is 1. The molecule has 0 bridgehead atoms. The molecule has 0 saturated carbocycles. The maximum absolute atomic E-state index is 13.8. The Balaban J connectivity index is 1.55. The van der Waals surface area contributed by atoms with Gasteiger partial charge in [-0.05, 0) is 52.6 Å². The summed E-state index contributed by atoms with van der Waals surface area (Å²) in [6.45, 7) is 0.853. The van der Waals surface area contributed by atoms with Crippen LogP contribution in [0.3, 0.4) is 0 Å². The van der Waals surface area contributed by atoms with Crippen molar-refractivity contribution in [3.8, 4) is 5.75 Å². The predicted molar refractivity (Wildman–Crippen MR) is 155 cm³/mol. The number of hydrogen-bond donors (Lipinski definition) is 1. The molecule has 0 aliphatic carbocycles. The van der Waals surface area contributed by atoms with Gasteiger partial charge in [-0.15, -0.1) is 0 Å². The average molecular weight is 577 g/mol. The number of hydrogen-bond acceptors (Lipinski definition) is 2. The van der Waals surface area contributed by atoms with Gasteiger partial charge in [-0.25, -0.2) is 0 Å². The molecular formula is C33H28ClF3N2O2. The van der Waals surface area contributed by atoms with Crippen molar-refractivity contribution in [3.05, 3.63) is 136 Å². The van der Waals surface area contributed by atoms with E-state index < -0.39 is 17.7 Å². The van der Waals surface area contributed by atoms with Gasteiger partial charge in [0.05, 0.1) is 17.7 Å². The van der Waals surface area contributed by atoms with Gasteiger partial charge in [0.1, 0.15) is 5.75 Å². The Morgan fingerprint density at radius 1 is 0.927 bits per heavy atom. The van der Waals surface area contributed by atoms with Gasteiger partial charge < -0.3 is 14.6 Å². The smallest absolute Gasteiger partial charge is 0.417 e. The van der Waals surface area contributed by atoms with Crippen LogP contribution in [0.1, 0.15) is 40.2 Å². The molecule has 0 aliphatic rings. The molecule has 41 heavy (non-hydrogen) atoms. The van der Waals surface area contributed by atoms with E-state index in [0.29, 0.717) is 18.7 Å². The van der Waals surface area contributed by atoms with Crippen LogP contribution in [0, 0.1) is 0 Å². The van der Waals surface area contributed by atoms with Crippen molar-refractivity contribution in [2.24, 2.45) is 0 Å². The van der Waals surface area contributed by atoms with Crippen molar-refractivity contribution in [2.75, 3.05) is 7.11 Å². The zero-order chi connectivity index (χ0) is 29.0. The van der Waals surface area contributed by atoms with Crippen LogP contribution in [-0.4, -0.2) is 17.6 Å². The first kappa shape index (κ1) is 28.3. The van der Waals surface area contributed by atoms with E-state index in [-0.39, 0.29) is 17.4 Å². The third-order valence-electron chi connectivity index (χ3n) is 7.13. The Labute approximate surface area is 241 Å². The molecule has 5 aromatic rings. The van der Waals surface area contributed by atoms with Crippen molar-refractivity contribution < 1.29 is 22.7 Å². The molecule has 1 amide bonds. The first-order chi connectivity index (χ1) is 19.7. The van der Waals surface area contributed by atoms with Crippen LogP contribution in [0.4, 0.5) is 13.2 Å². The lowest BCUT2D eigenvalue weighted by atomic mass is 9.87. The zero-order valence-corrected chi connectivity index (χ0v) is 23.0. The predicted octanol–water partition coefficient (Wildman–Crippen LogP) is 8.21. The van der Waals surface area contributed by atoms with Gasteiger partial charge in [0.25, 0.3) is 0 Å². The summed E-state index contributed by atoms with van der Waals surface area (Å²) in [7, 11) is 1.61. The second-order valence-corrected chi connectivity index (χ2v) is 10.2. The van der Waals surface area contributed by atoms with Gasteiger partial charge >= 0.3 is 6.18 Å². The Hall–Kier alpha value is -4.23. The second-order valence-electron chi connectivity index (χ2n) is 9.83. The molecule has 1 heterocycles. The third kappa shape index (κ3) is 6.57. The molecular weight excluding hydrogens is 549 g/mol. The molecule has 0 aliphatic heterocycles. The van der Waals surface area contributed by atoms with Gasteiger partial charge in [-0.2, -0.15) is 13.2 Å². The molecule has 0 fully saturated rings. The maximum atomic E-state index is 13.8. The van der Waals surface area contributed by atoms with Gasteiger partial charge in [-0.1, -0.05) is 78.3 Å². The molecule has 0 saturated heterocycles. The minimum absolute atomic E-state index is 0.0394. The molecule has 0 radical (unpaired) electrons. The van der Waals surface area contributed by atoms with Crippen molar-refractivity contribution in [3.63, 3.8) is 0 Å². The standard InChI is InChI=1S/C33H28ClF3N2O2/c1-41-25-14-11-23(12-15-25)20-39-21-28(26-9-5-6-10-31(26)39)27(18-32(40)38-19-22-7-3-2-4-8-22)24-13-16-30(34)29(17-24)33(35,36)37/h2-17,21,27H,18-20H2,1H3,(H,38,40)/t27-/m0/s1. The molecule has 8 heteroatoms. The largest absolute Gasteiger partial charge is 0.497 e. The molecule has 4 aromatic carbocycles. The van der Waals surface area contributed by atoms with E-state index in [1.807, 2.05) is 85.1 Å². The molecule has 1 N–H and O–H groups in total. The van der Waals surface area contributed by atoms with E-state index in [0.717, 1.165) is 39.4 Å². The number of rotatable bonds is 9. The van der Waals surface area contributed by atoms with Gasteiger partial charge in [0.2, 0.25) is 5.91 Å². The lowest BCUT2D eigenvalue weighted by Crippen LogP contribution is -2.25. The summed E-state index contributed by atoms with van der Waals surface area (Å²) in [5.74, 6) is -0.169. The maximum Gasteiger partial charge on any atom is 0.417 e. The van der Waals surface area contributed by atoms with E-state index in [1.165, 1.54) is 6.07 Å². The van der Waals surface area contributed by atoms with Crippen LogP contribution in [0.2, 0.25) is 5.02 Å². The quantitative estimate of drug-likeness (QED) is 0.192. The third-order valence-corrected chi connectivity index (χ3v) is 7.46. The summed E-state index contributed by atoms with van der Waals surface area (Å²) < 4.78 is 48.9. The summed E-state index contributed by atoms with van der Waals surface area (Å²) in [5, 5.41) is 3.41. The van der Waals surface area contributed by atoms with Crippen LogP contribution in [0.5, 0.6) is 5.75 Å². The SMILES string of the molecule is COc1ccc(Cn2cc([C@@H](CC(=O)NCc3ccccc3)c3ccc(Cl)c(C(F)(F)F)c3)c3ccccc32)cc1. The average Bonchev–Trinajstić information content (AvgIpc) is 3.33. The topological polar surface area (TPSA) is 43.3 Å². The highest BCUT2D eigenvalue weighted by Gasteiger charge is 2.34. The van der Waals surface area contributed by atoms with E-state index in [2.05, 4.69) is 9.88 Å². The molecule has 0 unspecified atom stereocenters. The summed E-state index contributed by atoms with van der Waals surface area (Å²) >= 11 is 5.95. The normalized spacial score (nSPS) is 12.3. The molecule has 1 aromatic heterocycles. The number of fused-ring (bicyclic) bond motifs is 1. The van der Waals surface area contributed by atoms with Crippen LogP contribution in [-0.2, 0) is 24.1 Å². The highest BCUT2D eigenvalue weighted by molar-refractivity contribution is 6.31. The Morgan fingerprint density at radius 2 is 1.63 bits per heavy atom. The number of nitrogens with one attached hydrogen (secondary N) is 1. The first-order valence-electron chi connectivity index (χ1n) is 13.1. The number of ether oxygens (including phenoxy) is 1.